The number of nitrogens with zero attached hydrogens (tertiary/aromatic N) is 1. The summed E-state index contributed by atoms with van der Waals surface area (Å²) in [5, 5.41) is 3.61. The zero-order valence-electron chi connectivity index (χ0n) is 12.8. The number of likely N-dealkylation sites (tertiary alicyclic amines) is 1. The van der Waals surface area contributed by atoms with Gasteiger partial charge < -0.3 is 5.32 Å². The van der Waals surface area contributed by atoms with E-state index in [0.717, 1.165) is 18.5 Å². The van der Waals surface area contributed by atoms with Gasteiger partial charge in [-0.1, -0.05) is 31.0 Å². The average molecular weight is 272 g/mol. The Morgan fingerprint density at radius 3 is 2.80 bits per heavy atom. The lowest BCUT2D eigenvalue weighted by molar-refractivity contribution is 0.0645. The van der Waals surface area contributed by atoms with Gasteiger partial charge in [-0.3, -0.25) is 4.90 Å². The van der Waals surface area contributed by atoms with E-state index in [1.54, 1.807) is 0 Å². The van der Waals surface area contributed by atoms with Crippen molar-refractivity contribution in [3.8, 4) is 0 Å². The normalized spacial score (nSPS) is 27.1. The minimum absolute atomic E-state index is 0.885. The molecular formula is C18H28N2. The van der Waals surface area contributed by atoms with Crippen LogP contribution >= 0.6 is 0 Å². The van der Waals surface area contributed by atoms with Gasteiger partial charge in [0.1, 0.15) is 0 Å². The molecular weight excluding hydrogens is 244 g/mol. The molecule has 0 bridgehead atoms. The fourth-order valence-electron chi connectivity index (χ4n) is 4.11. The number of para-hydroxylation sites is 1. The van der Waals surface area contributed by atoms with Gasteiger partial charge in [0, 0.05) is 24.8 Å². The number of benzene rings is 1. The lowest BCUT2D eigenvalue weighted by Crippen LogP contribution is -2.48. The van der Waals surface area contributed by atoms with E-state index in [1.807, 2.05) is 0 Å². The lowest BCUT2D eigenvalue weighted by Gasteiger charge is -2.44. The van der Waals surface area contributed by atoms with Gasteiger partial charge in [-0.25, -0.2) is 0 Å². The second-order valence-electron chi connectivity index (χ2n) is 6.53. The summed E-state index contributed by atoms with van der Waals surface area (Å²) < 4.78 is 0. The predicted octanol–water partition coefficient (Wildman–Crippen LogP) is 4.06. The first-order valence-corrected chi connectivity index (χ1v) is 8.38. The number of fused-ring (bicyclic) bond motifs is 1. The molecule has 0 radical (unpaired) electrons. The molecule has 2 nitrogen and oxygen atoms in total. The standard InChI is InChI=1S/C18H28N2/c1-15-7-2-4-10-17(15)19-12-14-20-13-6-9-16-8-3-5-11-18(16)20/h2,4,7,10,16,18-19H,3,5-6,8-9,11-14H2,1H3/t16-,18-/m1/s1. The minimum atomic E-state index is 0.885. The van der Waals surface area contributed by atoms with Gasteiger partial charge in [0.2, 0.25) is 0 Å². The highest BCUT2D eigenvalue weighted by atomic mass is 15.2. The van der Waals surface area contributed by atoms with E-state index in [-0.39, 0.29) is 0 Å². The number of aryl methyl sites for hydroxylation is 1. The monoisotopic (exact) mass is 272 g/mol. The highest BCUT2D eigenvalue weighted by molar-refractivity contribution is 5.50. The zero-order valence-corrected chi connectivity index (χ0v) is 12.8. The van der Waals surface area contributed by atoms with Gasteiger partial charge >= 0.3 is 0 Å². The number of hydrogen-bond acceptors (Lipinski definition) is 2. The lowest BCUT2D eigenvalue weighted by atomic mass is 9.78. The van der Waals surface area contributed by atoms with Crippen LogP contribution in [0.25, 0.3) is 0 Å². The van der Waals surface area contributed by atoms with Crippen LogP contribution in [0.1, 0.15) is 44.1 Å². The van der Waals surface area contributed by atoms with Crippen molar-refractivity contribution in [3.05, 3.63) is 29.8 Å². The summed E-state index contributed by atoms with van der Waals surface area (Å²) in [6, 6.07) is 9.48. The topological polar surface area (TPSA) is 15.3 Å². The van der Waals surface area contributed by atoms with E-state index in [4.69, 9.17) is 0 Å². The molecule has 1 aromatic rings. The van der Waals surface area contributed by atoms with Gasteiger partial charge in [0.05, 0.1) is 0 Å². The summed E-state index contributed by atoms with van der Waals surface area (Å²) in [4.78, 5) is 2.76. The van der Waals surface area contributed by atoms with E-state index in [1.165, 1.54) is 62.9 Å². The van der Waals surface area contributed by atoms with E-state index >= 15 is 0 Å². The van der Waals surface area contributed by atoms with Crippen molar-refractivity contribution in [3.63, 3.8) is 0 Å². The number of piperidine rings is 1. The molecule has 0 aromatic heterocycles. The Balaban J connectivity index is 1.51. The van der Waals surface area contributed by atoms with Crippen molar-refractivity contribution in [1.29, 1.82) is 0 Å². The molecule has 1 heterocycles. The predicted molar refractivity (Wildman–Crippen MR) is 86.2 cm³/mol. The number of hydrogen-bond donors (Lipinski definition) is 1. The van der Waals surface area contributed by atoms with Gasteiger partial charge in [-0.2, -0.15) is 0 Å². The van der Waals surface area contributed by atoms with Gasteiger partial charge in [0.25, 0.3) is 0 Å². The summed E-state index contributed by atoms with van der Waals surface area (Å²) >= 11 is 0. The quantitative estimate of drug-likeness (QED) is 0.889. The Bertz CT molecular complexity index is 427. The smallest absolute Gasteiger partial charge is 0.0370 e. The fraction of sp³-hybridized carbons (Fsp3) is 0.667. The summed E-state index contributed by atoms with van der Waals surface area (Å²) in [6.45, 7) is 5.78. The first-order chi connectivity index (χ1) is 9.84. The third kappa shape index (κ3) is 3.17. The SMILES string of the molecule is Cc1ccccc1NCCN1CCC[C@H]2CCCC[C@H]21. The average Bonchev–Trinajstić information content (AvgIpc) is 2.49. The molecule has 2 aliphatic rings. The Morgan fingerprint density at radius 1 is 1.10 bits per heavy atom. The molecule has 3 rings (SSSR count). The zero-order chi connectivity index (χ0) is 13.8. The summed E-state index contributed by atoms with van der Waals surface area (Å²) in [5.74, 6) is 0.996. The van der Waals surface area contributed by atoms with Gasteiger partial charge in [-0.15, -0.1) is 0 Å². The van der Waals surface area contributed by atoms with Crippen LogP contribution in [0, 0.1) is 12.8 Å². The van der Waals surface area contributed by atoms with Crippen LogP contribution in [0.2, 0.25) is 0 Å². The minimum Gasteiger partial charge on any atom is -0.384 e. The maximum absolute atomic E-state index is 3.61. The molecule has 2 fully saturated rings. The van der Waals surface area contributed by atoms with Crippen LogP contribution in [-0.2, 0) is 0 Å². The van der Waals surface area contributed by atoms with Crippen LogP contribution in [0.5, 0.6) is 0 Å². The maximum atomic E-state index is 3.61. The highest BCUT2D eigenvalue weighted by Gasteiger charge is 2.32. The van der Waals surface area contributed by atoms with Crippen molar-refractivity contribution in [2.75, 3.05) is 25.0 Å². The van der Waals surface area contributed by atoms with Gasteiger partial charge in [0.15, 0.2) is 0 Å². The molecule has 1 aromatic carbocycles. The first kappa shape index (κ1) is 13.9. The Hall–Kier alpha value is -1.02. The van der Waals surface area contributed by atoms with Crippen LogP contribution in [0.4, 0.5) is 5.69 Å². The second kappa shape index (κ2) is 6.62. The molecule has 0 spiro atoms. The molecule has 0 unspecified atom stereocenters. The molecule has 1 aliphatic carbocycles. The Labute approximate surface area is 123 Å². The van der Waals surface area contributed by atoms with Gasteiger partial charge in [-0.05, 0) is 56.7 Å². The molecule has 2 heteroatoms. The number of anilines is 1. The molecule has 1 saturated heterocycles. The molecule has 1 N–H and O–H groups in total. The molecule has 2 atom stereocenters. The van der Waals surface area contributed by atoms with Crippen molar-refractivity contribution < 1.29 is 0 Å². The van der Waals surface area contributed by atoms with Crippen LogP contribution in [-0.4, -0.2) is 30.6 Å². The first-order valence-electron chi connectivity index (χ1n) is 8.38. The highest BCUT2D eigenvalue weighted by Crippen LogP contribution is 2.34. The third-order valence-corrected chi connectivity index (χ3v) is 5.22. The van der Waals surface area contributed by atoms with Crippen LogP contribution in [0.3, 0.4) is 0 Å². The molecule has 0 amide bonds. The van der Waals surface area contributed by atoms with E-state index < -0.39 is 0 Å². The largest absolute Gasteiger partial charge is 0.384 e. The maximum Gasteiger partial charge on any atom is 0.0370 e. The van der Waals surface area contributed by atoms with Crippen molar-refractivity contribution >= 4 is 5.69 Å². The Morgan fingerprint density at radius 2 is 1.90 bits per heavy atom. The molecule has 20 heavy (non-hydrogen) atoms. The summed E-state index contributed by atoms with van der Waals surface area (Å²) in [5.41, 5.74) is 2.64. The van der Waals surface area contributed by atoms with E-state index in [9.17, 15) is 0 Å². The van der Waals surface area contributed by atoms with Crippen LogP contribution < -0.4 is 5.32 Å². The van der Waals surface area contributed by atoms with Crippen molar-refractivity contribution in [2.45, 2.75) is 51.5 Å². The van der Waals surface area contributed by atoms with E-state index in [0.29, 0.717) is 0 Å². The second-order valence-corrected chi connectivity index (χ2v) is 6.53. The summed E-state index contributed by atoms with van der Waals surface area (Å²) in [6.07, 6.45) is 8.72. The fourth-order valence-corrected chi connectivity index (χ4v) is 4.11. The van der Waals surface area contributed by atoms with Crippen molar-refractivity contribution in [2.24, 2.45) is 5.92 Å². The van der Waals surface area contributed by atoms with Crippen molar-refractivity contribution in [1.82, 2.24) is 4.90 Å². The molecule has 1 saturated carbocycles. The summed E-state index contributed by atoms with van der Waals surface area (Å²) in [7, 11) is 0. The Kier molecular flexibility index (Phi) is 4.62. The molecule has 1 aliphatic heterocycles. The number of rotatable bonds is 4. The number of nitrogens with one attached hydrogen (secondary N) is 1. The third-order valence-electron chi connectivity index (χ3n) is 5.22. The van der Waals surface area contributed by atoms with E-state index in [2.05, 4.69) is 41.4 Å². The van der Waals surface area contributed by atoms with Crippen LogP contribution in [0.15, 0.2) is 24.3 Å². The molecule has 110 valence electrons.